The maximum absolute atomic E-state index is 13.3. The molecule has 2 amide bonds. The van der Waals surface area contributed by atoms with Crippen molar-refractivity contribution < 1.29 is 37.3 Å². The van der Waals surface area contributed by atoms with Gasteiger partial charge in [0.15, 0.2) is 0 Å². The molecule has 1 unspecified atom stereocenters. The number of amides is 2. The van der Waals surface area contributed by atoms with Gasteiger partial charge in [-0.05, 0) is 77.7 Å². The van der Waals surface area contributed by atoms with Crippen molar-refractivity contribution in [2.24, 2.45) is 5.92 Å². The third-order valence-corrected chi connectivity index (χ3v) is 7.57. The van der Waals surface area contributed by atoms with E-state index >= 15 is 0 Å². The van der Waals surface area contributed by atoms with Crippen LogP contribution in [0.3, 0.4) is 0 Å². The number of rotatable bonds is 11. The maximum Gasteiger partial charge on any atom is 0.416 e. The second kappa shape index (κ2) is 14.8. The van der Waals surface area contributed by atoms with E-state index in [1.165, 1.54) is 11.0 Å². The number of carboxylic acid groups (broad SMARTS) is 1. The number of nitrogens with zero attached hydrogens (tertiary/aromatic N) is 1. The molecule has 10 heteroatoms. The first-order valence-corrected chi connectivity index (χ1v) is 15.1. The lowest BCUT2D eigenvalue weighted by Gasteiger charge is -2.20. The van der Waals surface area contributed by atoms with Crippen molar-refractivity contribution in [2.75, 3.05) is 17.3 Å². The van der Waals surface area contributed by atoms with E-state index in [1.807, 2.05) is 36.4 Å². The van der Waals surface area contributed by atoms with Crippen LogP contribution in [0.5, 0.6) is 17.2 Å². The van der Waals surface area contributed by atoms with Gasteiger partial charge >= 0.3 is 18.2 Å². The molecule has 0 aliphatic carbocycles. The molecule has 5 aromatic rings. The Morgan fingerprint density at radius 2 is 1.54 bits per heavy atom. The zero-order chi connectivity index (χ0) is 34.3. The molecule has 0 fully saturated rings. The SMILES string of the molecule is CC(Cc1ccc(-c2cccc(N(C)C(=O)Nc3cccc(Oc4ccccc4)c3)c2)c(OCc2cccc(C(F)(F)F)c2)c1)C(=O)O. The Hall–Kier alpha value is -5.77. The molecular weight excluding hydrogens is 621 g/mol. The van der Waals surface area contributed by atoms with Crippen molar-refractivity contribution in [3.05, 3.63) is 138 Å². The average Bonchev–Trinajstić information content (AvgIpc) is 3.07. The summed E-state index contributed by atoms with van der Waals surface area (Å²) >= 11 is 0. The first-order valence-electron chi connectivity index (χ1n) is 15.1. The summed E-state index contributed by atoms with van der Waals surface area (Å²) in [6, 6.07) is 33.3. The Kier molecular flexibility index (Phi) is 10.3. The Morgan fingerprint density at radius 1 is 0.812 bits per heavy atom. The fourth-order valence-corrected chi connectivity index (χ4v) is 4.96. The quantitative estimate of drug-likeness (QED) is 0.148. The summed E-state index contributed by atoms with van der Waals surface area (Å²) < 4.78 is 51.9. The Morgan fingerprint density at radius 3 is 2.29 bits per heavy atom. The molecule has 2 N–H and O–H groups in total. The summed E-state index contributed by atoms with van der Waals surface area (Å²) in [6.07, 6.45) is -4.26. The molecule has 0 spiro atoms. The number of para-hydroxylation sites is 1. The fraction of sp³-hybridized carbons (Fsp3) is 0.158. The van der Waals surface area contributed by atoms with Crippen LogP contribution in [0.2, 0.25) is 0 Å². The van der Waals surface area contributed by atoms with Crippen molar-refractivity contribution in [1.82, 2.24) is 0 Å². The van der Waals surface area contributed by atoms with Crippen molar-refractivity contribution in [1.29, 1.82) is 0 Å². The highest BCUT2D eigenvalue weighted by molar-refractivity contribution is 6.01. The lowest BCUT2D eigenvalue weighted by atomic mass is 9.97. The predicted octanol–water partition coefficient (Wildman–Crippen LogP) is 9.68. The minimum absolute atomic E-state index is 0.149. The number of hydrogen-bond donors (Lipinski definition) is 2. The van der Waals surface area contributed by atoms with Gasteiger partial charge < -0.3 is 19.9 Å². The topological polar surface area (TPSA) is 88.1 Å². The van der Waals surface area contributed by atoms with Gasteiger partial charge in [0, 0.05) is 30.1 Å². The van der Waals surface area contributed by atoms with Crippen LogP contribution in [0.25, 0.3) is 11.1 Å². The third kappa shape index (κ3) is 8.73. The van der Waals surface area contributed by atoms with Gasteiger partial charge in [-0.15, -0.1) is 0 Å². The molecule has 0 aliphatic rings. The molecule has 0 aromatic heterocycles. The standard InChI is InChI=1S/C38H33F3N2O5/c1-25(36(44)45)19-26-17-18-34(35(21-26)47-24-27-9-6-11-29(20-27)38(39,40)41)28-10-7-13-31(22-28)43(2)37(46)42-30-12-8-16-33(23-30)48-32-14-4-3-5-15-32/h3-18,20-23,25H,19,24H2,1-2H3,(H,42,46)(H,44,45). The summed E-state index contributed by atoms with van der Waals surface area (Å²) in [7, 11) is 1.63. The Balaban J connectivity index is 1.37. The number of carbonyl (C=O) groups is 2. The lowest BCUT2D eigenvalue weighted by molar-refractivity contribution is -0.141. The highest BCUT2D eigenvalue weighted by atomic mass is 19.4. The van der Waals surface area contributed by atoms with Gasteiger partial charge in [0.1, 0.15) is 23.9 Å². The van der Waals surface area contributed by atoms with Crippen LogP contribution in [-0.4, -0.2) is 24.2 Å². The number of ether oxygens (including phenoxy) is 2. The number of alkyl halides is 3. The molecule has 5 aromatic carbocycles. The largest absolute Gasteiger partial charge is 0.488 e. The van der Waals surface area contributed by atoms with Gasteiger partial charge in [-0.25, -0.2) is 4.79 Å². The molecule has 0 radical (unpaired) electrons. The van der Waals surface area contributed by atoms with E-state index in [4.69, 9.17) is 9.47 Å². The molecule has 0 saturated heterocycles. The number of anilines is 2. The van der Waals surface area contributed by atoms with Crippen molar-refractivity contribution in [3.8, 4) is 28.4 Å². The van der Waals surface area contributed by atoms with Crippen molar-refractivity contribution >= 4 is 23.4 Å². The normalized spacial score (nSPS) is 11.8. The van der Waals surface area contributed by atoms with E-state index in [1.54, 1.807) is 80.7 Å². The van der Waals surface area contributed by atoms with Crippen LogP contribution in [0.4, 0.5) is 29.3 Å². The molecule has 1 atom stereocenters. The van der Waals surface area contributed by atoms with Crippen LogP contribution in [0.15, 0.2) is 121 Å². The van der Waals surface area contributed by atoms with E-state index < -0.39 is 29.7 Å². The van der Waals surface area contributed by atoms with Crippen molar-refractivity contribution in [3.63, 3.8) is 0 Å². The fourth-order valence-electron chi connectivity index (χ4n) is 4.96. The highest BCUT2D eigenvalue weighted by Gasteiger charge is 2.30. The van der Waals surface area contributed by atoms with E-state index in [2.05, 4.69) is 5.32 Å². The lowest BCUT2D eigenvalue weighted by Crippen LogP contribution is -2.31. The second-order valence-corrected chi connectivity index (χ2v) is 11.2. The first kappa shape index (κ1) is 33.6. The van der Waals surface area contributed by atoms with Crippen LogP contribution < -0.4 is 19.7 Å². The Labute approximate surface area is 276 Å². The zero-order valence-electron chi connectivity index (χ0n) is 26.2. The monoisotopic (exact) mass is 654 g/mol. The molecule has 0 bridgehead atoms. The number of carboxylic acids is 1. The number of halogens is 3. The maximum atomic E-state index is 13.3. The number of benzene rings is 5. The molecule has 0 heterocycles. The molecule has 246 valence electrons. The minimum atomic E-state index is -4.49. The average molecular weight is 655 g/mol. The molecular formula is C38H33F3N2O5. The first-order chi connectivity index (χ1) is 23.0. The number of urea groups is 1. The van der Waals surface area contributed by atoms with Crippen LogP contribution in [-0.2, 0) is 24.0 Å². The highest BCUT2D eigenvalue weighted by Crippen LogP contribution is 2.35. The Bertz CT molecular complexity index is 1900. The summed E-state index contributed by atoms with van der Waals surface area (Å²) in [5, 5.41) is 12.3. The summed E-state index contributed by atoms with van der Waals surface area (Å²) in [6.45, 7) is 1.44. The molecule has 48 heavy (non-hydrogen) atoms. The van der Waals surface area contributed by atoms with E-state index in [0.29, 0.717) is 50.9 Å². The summed E-state index contributed by atoms with van der Waals surface area (Å²) in [4.78, 5) is 26.2. The van der Waals surface area contributed by atoms with Gasteiger partial charge in [-0.3, -0.25) is 9.69 Å². The molecule has 0 aliphatic heterocycles. The van der Waals surface area contributed by atoms with E-state index in [0.717, 1.165) is 12.1 Å². The molecule has 7 nitrogen and oxygen atoms in total. The molecule has 0 saturated carbocycles. The van der Waals surface area contributed by atoms with Gasteiger partial charge in [-0.2, -0.15) is 13.2 Å². The minimum Gasteiger partial charge on any atom is -0.488 e. The number of aliphatic carboxylic acids is 1. The van der Waals surface area contributed by atoms with Crippen LogP contribution in [0.1, 0.15) is 23.6 Å². The van der Waals surface area contributed by atoms with E-state index in [9.17, 15) is 27.9 Å². The van der Waals surface area contributed by atoms with Gasteiger partial charge in [0.05, 0.1) is 11.5 Å². The zero-order valence-corrected chi connectivity index (χ0v) is 26.2. The number of nitrogens with one attached hydrogen (secondary N) is 1. The van der Waals surface area contributed by atoms with Gasteiger partial charge in [0.2, 0.25) is 0 Å². The van der Waals surface area contributed by atoms with Gasteiger partial charge in [-0.1, -0.05) is 67.6 Å². The van der Waals surface area contributed by atoms with E-state index in [-0.39, 0.29) is 13.0 Å². The summed E-state index contributed by atoms with van der Waals surface area (Å²) in [5.74, 6) is -0.0229. The third-order valence-electron chi connectivity index (χ3n) is 7.57. The molecule has 5 rings (SSSR count). The van der Waals surface area contributed by atoms with Gasteiger partial charge in [0.25, 0.3) is 0 Å². The van der Waals surface area contributed by atoms with Crippen LogP contribution in [0, 0.1) is 5.92 Å². The summed E-state index contributed by atoms with van der Waals surface area (Å²) in [5.41, 5.74) is 2.64. The second-order valence-electron chi connectivity index (χ2n) is 11.2. The van der Waals surface area contributed by atoms with Crippen LogP contribution >= 0.6 is 0 Å². The smallest absolute Gasteiger partial charge is 0.416 e. The number of carbonyl (C=O) groups excluding carboxylic acids is 1. The number of hydrogen-bond acceptors (Lipinski definition) is 4. The predicted molar refractivity (Wildman–Crippen MR) is 179 cm³/mol. The van der Waals surface area contributed by atoms with Crippen molar-refractivity contribution in [2.45, 2.75) is 26.1 Å².